The van der Waals surface area contributed by atoms with Gasteiger partial charge in [0.1, 0.15) is 0 Å². The van der Waals surface area contributed by atoms with Crippen molar-refractivity contribution in [2.45, 2.75) is 33.8 Å². The van der Waals surface area contributed by atoms with Crippen LogP contribution in [0.15, 0.2) is 24.3 Å². The molecular weight excluding hydrogens is 160 g/mol. The Kier molecular flexibility index (Phi) is 7.32. The standard InChI is InChI=1S/C9H12O.C3H8/c1-8-3-5-9(6-4-8)7-10-2;1-3-2/h3-6H,7H2,1-2H3;3H2,1-2H3. The first-order valence-electron chi connectivity index (χ1n) is 4.79. The molecule has 0 aliphatic heterocycles. The van der Waals surface area contributed by atoms with Crippen molar-refractivity contribution in [1.82, 2.24) is 0 Å². The van der Waals surface area contributed by atoms with E-state index in [-0.39, 0.29) is 0 Å². The van der Waals surface area contributed by atoms with Crippen molar-refractivity contribution in [3.8, 4) is 0 Å². The summed E-state index contributed by atoms with van der Waals surface area (Å²) in [6.45, 7) is 7.04. The van der Waals surface area contributed by atoms with Crippen LogP contribution >= 0.6 is 0 Å². The number of hydrogen-bond donors (Lipinski definition) is 0. The minimum Gasteiger partial charge on any atom is -0.380 e. The molecular formula is C12H20O. The third-order valence-corrected chi connectivity index (χ3v) is 1.43. The third kappa shape index (κ3) is 6.35. The molecule has 13 heavy (non-hydrogen) atoms. The largest absolute Gasteiger partial charge is 0.380 e. The summed E-state index contributed by atoms with van der Waals surface area (Å²) in [5.74, 6) is 0. The van der Waals surface area contributed by atoms with Crippen LogP contribution in [0.4, 0.5) is 0 Å². The number of benzene rings is 1. The third-order valence-electron chi connectivity index (χ3n) is 1.43. The Morgan fingerprint density at radius 3 is 1.92 bits per heavy atom. The summed E-state index contributed by atoms with van der Waals surface area (Å²) in [5, 5.41) is 0. The summed E-state index contributed by atoms with van der Waals surface area (Å²) in [4.78, 5) is 0. The van der Waals surface area contributed by atoms with Gasteiger partial charge in [0.05, 0.1) is 6.61 Å². The Balaban J connectivity index is 0.000000424. The molecule has 0 amide bonds. The van der Waals surface area contributed by atoms with Gasteiger partial charge in [0.25, 0.3) is 0 Å². The quantitative estimate of drug-likeness (QED) is 0.676. The average Bonchev–Trinajstić information content (AvgIpc) is 2.11. The number of aryl methyl sites for hydroxylation is 1. The van der Waals surface area contributed by atoms with Gasteiger partial charge in [0, 0.05) is 7.11 Å². The fourth-order valence-electron chi connectivity index (χ4n) is 0.851. The van der Waals surface area contributed by atoms with Crippen molar-refractivity contribution in [2.24, 2.45) is 0 Å². The van der Waals surface area contributed by atoms with E-state index in [0.717, 1.165) is 0 Å². The molecule has 1 rings (SSSR count). The monoisotopic (exact) mass is 180 g/mol. The first-order chi connectivity index (χ1) is 6.24. The van der Waals surface area contributed by atoms with Crippen molar-refractivity contribution in [3.63, 3.8) is 0 Å². The highest BCUT2D eigenvalue weighted by atomic mass is 16.5. The number of methoxy groups -OCH3 is 1. The molecule has 0 aromatic heterocycles. The van der Waals surface area contributed by atoms with Crippen molar-refractivity contribution in [2.75, 3.05) is 7.11 Å². The van der Waals surface area contributed by atoms with E-state index in [0.29, 0.717) is 6.61 Å². The summed E-state index contributed by atoms with van der Waals surface area (Å²) in [6.07, 6.45) is 1.25. The molecule has 1 aromatic rings. The molecule has 74 valence electrons. The highest BCUT2D eigenvalue weighted by Crippen LogP contribution is 2.03. The fourth-order valence-corrected chi connectivity index (χ4v) is 0.851. The van der Waals surface area contributed by atoms with Crippen molar-refractivity contribution in [1.29, 1.82) is 0 Å². The van der Waals surface area contributed by atoms with E-state index in [1.54, 1.807) is 7.11 Å². The van der Waals surface area contributed by atoms with Gasteiger partial charge in [-0.1, -0.05) is 50.1 Å². The smallest absolute Gasteiger partial charge is 0.0713 e. The van der Waals surface area contributed by atoms with Crippen LogP contribution in [0.1, 0.15) is 31.4 Å². The van der Waals surface area contributed by atoms with Crippen LogP contribution in [0.5, 0.6) is 0 Å². The van der Waals surface area contributed by atoms with E-state index in [2.05, 4.69) is 45.0 Å². The van der Waals surface area contributed by atoms with E-state index in [4.69, 9.17) is 4.74 Å². The van der Waals surface area contributed by atoms with Crippen LogP contribution in [-0.4, -0.2) is 7.11 Å². The molecule has 0 saturated heterocycles. The van der Waals surface area contributed by atoms with E-state index < -0.39 is 0 Å². The Morgan fingerprint density at radius 1 is 1.08 bits per heavy atom. The maximum absolute atomic E-state index is 4.97. The molecule has 0 radical (unpaired) electrons. The van der Waals surface area contributed by atoms with Crippen LogP contribution in [0.3, 0.4) is 0 Å². The second-order valence-electron chi connectivity index (χ2n) is 3.13. The molecule has 0 saturated carbocycles. The normalized spacial score (nSPS) is 8.92. The van der Waals surface area contributed by atoms with Crippen LogP contribution < -0.4 is 0 Å². The number of rotatable bonds is 2. The van der Waals surface area contributed by atoms with Gasteiger partial charge in [-0.05, 0) is 12.5 Å². The molecule has 0 fully saturated rings. The molecule has 0 heterocycles. The summed E-state index contributed by atoms with van der Waals surface area (Å²) in [6, 6.07) is 8.35. The second kappa shape index (κ2) is 7.81. The lowest BCUT2D eigenvalue weighted by Gasteiger charge is -1.98. The molecule has 0 spiro atoms. The first-order valence-corrected chi connectivity index (χ1v) is 4.79. The molecule has 1 nitrogen and oxygen atoms in total. The number of hydrogen-bond acceptors (Lipinski definition) is 1. The summed E-state index contributed by atoms with van der Waals surface area (Å²) in [7, 11) is 1.71. The van der Waals surface area contributed by atoms with Crippen molar-refractivity contribution in [3.05, 3.63) is 35.4 Å². The molecule has 0 aliphatic carbocycles. The van der Waals surface area contributed by atoms with Crippen molar-refractivity contribution >= 4 is 0 Å². The Hall–Kier alpha value is -0.820. The Morgan fingerprint density at radius 2 is 1.54 bits per heavy atom. The lowest BCUT2D eigenvalue weighted by molar-refractivity contribution is 0.185. The van der Waals surface area contributed by atoms with E-state index in [1.165, 1.54) is 17.5 Å². The van der Waals surface area contributed by atoms with Gasteiger partial charge in [-0.25, -0.2) is 0 Å². The number of ether oxygens (including phenoxy) is 1. The lowest BCUT2D eigenvalue weighted by atomic mass is 10.2. The van der Waals surface area contributed by atoms with E-state index >= 15 is 0 Å². The molecule has 1 heteroatoms. The predicted octanol–water partition coefficient (Wildman–Crippen LogP) is 3.56. The Bertz CT molecular complexity index is 201. The maximum atomic E-state index is 4.97. The Labute approximate surface area is 81.7 Å². The average molecular weight is 180 g/mol. The van der Waals surface area contributed by atoms with Crippen LogP contribution in [0, 0.1) is 6.92 Å². The highest BCUT2D eigenvalue weighted by molar-refractivity contribution is 5.20. The molecule has 1 aromatic carbocycles. The van der Waals surface area contributed by atoms with Gasteiger partial charge in [-0.15, -0.1) is 0 Å². The zero-order chi connectivity index (χ0) is 10.1. The molecule has 0 bridgehead atoms. The van der Waals surface area contributed by atoms with Crippen LogP contribution in [0.25, 0.3) is 0 Å². The molecule has 0 unspecified atom stereocenters. The summed E-state index contributed by atoms with van der Waals surface area (Å²) in [5.41, 5.74) is 2.52. The zero-order valence-electron chi connectivity index (χ0n) is 9.13. The topological polar surface area (TPSA) is 9.23 Å². The maximum Gasteiger partial charge on any atom is 0.0713 e. The first kappa shape index (κ1) is 12.2. The summed E-state index contributed by atoms with van der Waals surface area (Å²) >= 11 is 0. The van der Waals surface area contributed by atoms with Gasteiger partial charge in [0.15, 0.2) is 0 Å². The van der Waals surface area contributed by atoms with E-state index in [9.17, 15) is 0 Å². The van der Waals surface area contributed by atoms with Crippen LogP contribution in [0.2, 0.25) is 0 Å². The predicted molar refractivity (Wildman–Crippen MR) is 57.9 cm³/mol. The minimum absolute atomic E-state index is 0.709. The second-order valence-corrected chi connectivity index (χ2v) is 3.13. The fraction of sp³-hybridized carbons (Fsp3) is 0.500. The van der Waals surface area contributed by atoms with Gasteiger partial charge >= 0.3 is 0 Å². The summed E-state index contributed by atoms with van der Waals surface area (Å²) < 4.78 is 4.97. The zero-order valence-corrected chi connectivity index (χ0v) is 9.13. The van der Waals surface area contributed by atoms with E-state index in [1.807, 2.05) is 0 Å². The molecule has 0 aliphatic rings. The van der Waals surface area contributed by atoms with Gasteiger partial charge < -0.3 is 4.74 Å². The minimum atomic E-state index is 0.709. The van der Waals surface area contributed by atoms with Gasteiger partial charge in [0.2, 0.25) is 0 Å². The van der Waals surface area contributed by atoms with Gasteiger partial charge in [-0.3, -0.25) is 0 Å². The lowest BCUT2D eigenvalue weighted by Crippen LogP contribution is -1.85. The van der Waals surface area contributed by atoms with Gasteiger partial charge in [-0.2, -0.15) is 0 Å². The molecule has 0 atom stereocenters. The van der Waals surface area contributed by atoms with Crippen molar-refractivity contribution < 1.29 is 4.74 Å². The highest BCUT2D eigenvalue weighted by Gasteiger charge is 1.88. The molecule has 0 N–H and O–H groups in total. The SMILES string of the molecule is CCC.COCc1ccc(C)cc1. The van der Waals surface area contributed by atoms with Crippen LogP contribution in [-0.2, 0) is 11.3 Å².